The molecule has 29 heavy (non-hydrogen) atoms. The highest BCUT2D eigenvalue weighted by atomic mass is 35.5. The zero-order valence-electron chi connectivity index (χ0n) is 16.6. The minimum atomic E-state index is -1.96. The van der Waals surface area contributed by atoms with Gasteiger partial charge in [-0.25, -0.2) is 9.18 Å². The summed E-state index contributed by atoms with van der Waals surface area (Å²) in [5.41, 5.74) is -3.21. The van der Waals surface area contributed by atoms with Crippen molar-refractivity contribution in [2.75, 3.05) is 12.5 Å². The van der Waals surface area contributed by atoms with E-state index in [2.05, 4.69) is 0 Å². The maximum Gasteiger partial charge on any atom is 0.330 e. The Balaban J connectivity index is 2.42. The van der Waals surface area contributed by atoms with Gasteiger partial charge in [0.25, 0.3) is 5.56 Å². The van der Waals surface area contributed by atoms with Crippen LogP contribution in [0, 0.1) is 11.8 Å². The van der Waals surface area contributed by atoms with Gasteiger partial charge in [0, 0.05) is 18.2 Å². The van der Waals surface area contributed by atoms with E-state index in [9.17, 15) is 19.5 Å². The molecule has 9 nitrogen and oxygen atoms in total. The number of alkyl halides is 2. The molecular weight excluding hydrogens is 411 g/mol. The molecule has 0 aliphatic carbocycles. The molecule has 0 radical (unpaired) electrons. The van der Waals surface area contributed by atoms with Crippen molar-refractivity contribution < 1.29 is 28.5 Å². The summed E-state index contributed by atoms with van der Waals surface area (Å²) in [7, 11) is 0. The smallest absolute Gasteiger partial charge is 0.330 e. The number of H-pyrrole nitrogens is 1. The third kappa shape index (κ3) is 5.06. The molecule has 1 aromatic heterocycles. The molecule has 1 unspecified atom stereocenters. The van der Waals surface area contributed by atoms with Gasteiger partial charge in [-0.3, -0.25) is 19.1 Å². The monoisotopic (exact) mass is 436 g/mol. The van der Waals surface area contributed by atoms with Crippen molar-refractivity contribution in [3.8, 4) is 0 Å². The lowest BCUT2D eigenvalue weighted by Gasteiger charge is -2.33. The second-order valence-electron chi connectivity index (χ2n) is 7.62. The van der Waals surface area contributed by atoms with Gasteiger partial charge in [-0.2, -0.15) is 0 Å². The summed E-state index contributed by atoms with van der Waals surface area (Å²) < 4.78 is 32.7. The molecule has 2 N–H and O–H groups in total. The number of nitrogens with zero attached hydrogens (tertiary/aromatic N) is 1. The zero-order valence-corrected chi connectivity index (χ0v) is 17.4. The second kappa shape index (κ2) is 9.38. The number of hydrogen-bond acceptors (Lipinski definition) is 7. The number of carbonyl (C=O) groups is 1. The maximum atomic E-state index is 15.4. The average molecular weight is 437 g/mol. The van der Waals surface area contributed by atoms with E-state index in [1.54, 1.807) is 27.7 Å². The van der Waals surface area contributed by atoms with Crippen LogP contribution in [0.3, 0.4) is 0 Å². The summed E-state index contributed by atoms with van der Waals surface area (Å²) >= 11 is 6.08. The van der Waals surface area contributed by atoms with Gasteiger partial charge < -0.3 is 19.3 Å². The largest absolute Gasteiger partial charge is 0.462 e. The third-order valence-electron chi connectivity index (χ3n) is 4.57. The minimum absolute atomic E-state index is 0.344. The van der Waals surface area contributed by atoms with Crippen molar-refractivity contribution in [2.45, 2.75) is 58.1 Å². The van der Waals surface area contributed by atoms with Crippen LogP contribution >= 0.6 is 11.6 Å². The lowest BCUT2D eigenvalue weighted by molar-refractivity contribution is -0.210. The Hall–Kier alpha value is -1.75. The van der Waals surface area contributed by atoms with Gasteiger partial charge in [-0.1, -0.05) is 27.7 Å². The lowest BCUT2D eigenvalue weighted by Crippen LogP contribution is -2.51. The number of ether oxygens (including phenoxy) is 3. The Labute approximate surface area is 171 Å². The Kier molecular flexibility index (Phi) is 7.61. The number of carbonyl (C=O) groups excluding carboxylic acids is 1. The average Bonchev–Trinajstić information content (AvgIpc) is 2.92. The second-order valence-corrected chi connectivity index (χ2v) is 7.89. The highest BCUT2D eigenvalue weighted by Gasteiger charge is 2.59. The van der Waals surface area contributed by atoms with Crippen LogP contribution in [0.5, 0.6) is 0 Å². The summed E-state index contributed by atoms with van der Waals surface area (Å²) in [5, 5.41) is 10.1. The number of hydrogen-bond donors (Lipinski definition) is 2. The summed E-state index contributed by atoms with van der Waals surface area (Å²) in [6, 6.07) is 1.04. The van der Waals surface area contributed by atoms with E-state index in [-0.39, 0.29) is 11.8 Å². The highest BCUT2D eigenvalue weighted by Crippen LogP contribution is 2.42. The molecule has 2 heterocycles. The maximum absolute atomic E-state index is 15.4. The van der Waals surface area contributed by atoms with E-state index >= 15 is 4.39 Å². The van der Waals surface area contributed by atoms with E-state index in [4.69, 9.17) is 25.8 Å². The summed E-state index contributed by atoms with van der Waals surface area (Å²) in [6.07, 6.45) is -5.18. The summed E-state index contributed by atoms with van der Waals surface area (Å²) in [4.78, 5) is 37.4. The molecule has 0 spiro atoms. The number of nitrogens with one attached hydrogen (secondary N) is 1. The number of halogens is 2. The number of rotatable bonds is 8. The van der Waals surface area contributed by atoms with Crippen LogP contribution in [-0.4, -0.2) is 57.3 Å². The first kappa shape index (κ1) is 23.5. The van der Waals surface area contributed by atoms with Gasteiger partial charge in [0.1, 0.15) is 18.3 Å². The van der Waals surface area contributed by atoms with Crippen LogP contribution in [0.25, 0.3) is 0 Å². The van der Waals surface area contributed by atoms with Crippen molar-refractivity contribution in [1.29, 1.82) is 0 Å². The molecule has 1 aliphatic rings. The van der Waals surface area contributed by atoms with Gasteiger partial charge in [0.2, 0.25) is 0 Å². The predicted molar refractivity (Wildman–Crippen MR) is 101 cm³/mol. The fourth-order valence-electron chi connectivity index (χ4n) is 2.78. The lowest BCUT2D eigenvalue weighted by atomic mass is 9.98. The normalized spacial score (nSPS) is 28.1. The van der Waals surface area contributed by atoms with Crippen molar-refractivity contribution >= 4 is 17.6 Å². The van der Waals surface area contributed by atoms with Gasteiger partial charge in [0.05, 0.1) is 11.8 Å². The van der Waals surface area contributed by atoms with Gasteiger partial charge in [-0.05, 0) is 0 Å². The molecule has 1 aromatic rings. The molecule has 164 valence electrons. The van der Waals surface area contributed by atoms with E-state index in [1.807, 2.05) is 4.98 Å². The molecule has 0 amide bonds. The standard InChI is InChI=1S/C18H26ClFN2O7/c1-9(2)15(24)27-8-18(7-19)13(28-16(25)10(3)4)12(20)14(29-18)22-6-5-11(23)21-17(22)26/h5-6,9-10,12-14,16,25H,7-8H2,1-4H3,(H,21,23,26)/t12-,13+,14-,16?,18-/m1/s1. The topological polar surface area (TPSA) is 120 Å². The Bertz CT molecular complexity index is 827. The molecule has 1 aliphatic heterocycles. The predicted octanol–water partition coefficient (Wildman–Crippen LogP) is 0.940. The van der Waals surface area contributed by atoms with Crippen LogP contribution in [0.15, 0.2) is 21.9 Å². The number of aromatic nitrogens is 2. The van der Waals surface area contributed by atoms with Crippen molar-refractivity contribution in [1.82, 2.24) is 9.55 Å². The van der Waals surface area contributed by atoms with E-state index < -0.39 is 60.1 Å². The van der Waals surface area contributed by atoms with Gasteiger partial charge in [-0.15, -0.1) is 11.6 Å². The molecule has 0 aromatic carbocycles. The van der Waals surface area contributed by atoms with Crippen molar-refractivity contribution in [3.05, 3.63) is 33.1 Å². The molecule has 1 saturated heterocycles. The first-order chi connectivity index (χ1) is 13.5. The van der Waals surface area contributed by atoms with Gasteiger partial charge in [0.15, 0.2) is 18.7 Å². The minimum Gasteiger partial charge on any atom is -0.462 e. The van der Waals surface area contributed by atoms with E-state index in [0.29, 0.717) is 0 Å². The number of aliphatic hydroxyl groups excluding tert-OH is 1. The summed E-state index contributed by atoms with van der Waals surface area (Å²) in [6.45, 7) is 6.14. The molecule has 0 bridgehead atoms. The first-order valence-electron chi connectivity index (χ1n) is 9.22. The number of aromatic amines is 1. The van der Waals surface area contributed by atoms with Crippen LogP contribution in [0.4, 0.5) is 4.39 Å². The molecular formula is C18H26ClFN2O7. The molecule has 5 atom stereocenters. The Morgan fingerprint density at radius 1 is 1.41 bits per heavy atom. The van der Waals surface area contributed by atoms with Crippen LogP contribution in [-0.2, 0) is 19.0 Å². The van der Waals surface area contributed by atoms with E-state index in [0.717, 1.165) is 16.8 Å². The third-order valence-corrected chi connectivity index (χ3v) is 5.03. The highest BCUT2D eigenvalue weighted by molar-refractivity contribution is 6.18. The first-order valence-corrected chi connectivity index (χ1v) is 9.75. The SMILES string of the molecule is CC(C)C(=O)OC[C@@]1(CCl)O[C@@H](n2ccc(=O)[nH]c2=O)[C@H](F)[C@@H]1OC(O)C(C)C. The Morgan fingerprint density at radius 3 is 2.59 bits per heavy atom. The fourth-order valence-corrected chi connectivity index (χ4v) is 3.07. The Morgan fingerprint density at radius 2 is 2.07 bits per heavy atom. The molecule has 11 heteroatoms. The molecule has 2 rings (SSSR count). The van der Waals surface area contributed by atoms with Crippen molar-refractivity contribution in [3.63, 3.8) is 0 Å². The molecule has 0 saturated carbocycles. The quantitative estimate of drug-likeness (QED) is 0.353. The van der Waals surface area contributed by atoms with Crippen LogP contribution in [0.1, 0.15) is 33.9 Å². The number of esters is 1. The fraction of sp³-hybridized carbons (Fsp3) is 0.722. The molecule has 1 fully saturated rings. The van der Waals surface area contributed by atoms with Crippen LogP contribution < -0.4 is 11.2 Å². The van der Waals surface area contributed by atoms with Crippen LogP contribution in [0.2, 0.25) is 0 Å². The van der Waals surface area contributed by atoms with Crippen molar-refractivity contribution in [2.24, 2.45) is 11.8 Å². The summed E-state index contributed by atoms with van der Waals surface area (Å²) in [5.74, 6) is -1.71. The zero-order chi connectivity index (χ0) is 21.9. The number of aliphatic hydroxyl groups is 1. The van der Waals surface area contributed by atoms with Gasteiger partial charge >= 0.3 is 11.7 Å². The van der Waals surface area contributed by atoms with E-state index in [1.165, 1.54) is 0 Å².